The maximum Gasteiger partial charge on any atom is 0.223 e. The van der Waals surface area contributed by atoms with Gasteiger partial charge in [-0.05, 0) is 43.6 Å². The molecule has 1 N–H and O–H groups in total. The molecule has 1 unspecified atom stereocenters. The molecule has 1 aliphatic heterocycles. The summed E-state index contributed by atoms with van der Waals surface area (Å²) in [5.74, 6) is 0.816. The Morgan fingerprint density at radius 2 is 1.80 bits per heavy atom. The van der Waals surface area contributed by atoms with E-state index >= 15 is 0 Å². The summed E-state index contributed by atoms with van der Waals surface area (Å²) in [6, 6.07) is 9.90. The molecule has 2 aliphatic rings. The van der Waals surface area contributed by atoms with Gasteiger partial charge in [-0.3, -0.25) is 9.59 Å². The number of nitrogens with one attached hydrogen (secondary N) is 1. The third-order valence-electron chi connectivity index (χ3n) is 5.60. The van der Waals surface area contributed by atoms with Gasteiger partial charge in [0.15, 0.2) is 0 Å². The highest BCUT2D eigenvalue weighted by atomic mass is 16.2. The van der Waals surface area contributed by atoms with Crippen LogP contribution < -0.4 is 5.32 Å². The van der Waals surface area contributed by atoms with E-state index in [4.69, 9.17) is 0 Å². The van der Waals surface area contributed by atoms with E-state index in [2.05, 4.69) is 5.32 Å². The maximum absolute atomic E-state index is 13.1. The van der Waals surface area contributed by atoms with Crippen molar-refractivity contribution in [3.05, 3.63) is 35.9 Å². The molecule has 3 rings (SSSR count). The Hall–Kier alpha value is -1.84. The molecule has 2 amide bonds. The topological polar surface area (TPSA) is 49.4 Å². The lowest BCUT2D eigenvalue weighted by atomic mass is 9.97. The van der Waals surface area contributed by atoms with Crippen LogP contribution in [0.2, 0.25) is 0 Å². The first kappa shape index (κ1) is 18.0. The van der Waals surface area contributed by atoms with Gasteiger partial charge in [-0.2, -0.15) is 0 Å². The zero-order valence-electron chi connectivity index (χ0n) is 15.1. The largest absolute Gasteiger partial charge is 0.356 e. The molecule has 1 aromatic carbocycles. The number of hydrogen-bond donors (Lipinski definition) is 1. The lowest BCUT2D eigenvalue weighted by molar-refractivity contribution is -0.136. The summed E-state index contributed by atoms with van der Waals surface area (Å²) < 4.78 is 0. The number of hydrogen-bond acceptors (Lipinski definition) is 2. The number of benzene rings is 1. The second kappa shape index (κ2) is 9.02. The van der Waals surface area contributed by atoms with Crippen LogP contribution in [0.1, 0.15) is 69.4 Å². The average molecular weight is 342 g/mol. The molecular formula is C21H30N2O2. The lowest BCUT2D eigenvalue weighted by Crippen LogP contribution is -2.40. The zero-order chi connectivity index (χ0) is 17.5. The molecular weight excluding hydrogens is 312 g/mol. The Morgan fingerprint density at radius 1 is 1.04 bits per heavy atom. The summed E-state index contributed by atoms with van der Waals surface area (Å²) in [4.78, 5) is 27.4. The van der Waals surface area contributed by atoms with Crippen molar-refractivity contribution in [1.82, 2.24) is 10.2 Å². The summed E-state index contributed by atoms with van der Waals surface area (Å²) in [6.45, 7) is 1.51. The molecule has 4 heteroatoms. The van der Waals surface area contributed by atoms with Crippen molar-refractivity contribution in [2.24, 2.45) is 5.92 Å². The summed E-state index contributed by atoms with van der Waals surface area (Å²) in [7, 11) is 0. The first-order chi connectivity index (χ1) is 12.2. The Bertz CT molecular complexity index is 567. The van der Waals surface area contributed by atoms with Crippen molar-refractivity contribution in [2.45, 2.75) is 63.8 Å². The van der Waals surface area contributed by atoms with Crippen LogP contribution in [-0.4, -0.2) is 29.8 Å². The molecule has 1 atom stereocenters. The average Bonchev–Trinajstić information content (AvgIpc) is 3.13. The molecule has 136 valence electrons. The zero-order valence-corrected chi connectivity index (χ0v) is 15.1. The molecule has 25 heavy (non-hydrogen) atoms. The van der Waals surface area contributed by atoms with E-state index in [1.807, 2.05) is 35.2 Å². The Labute approximate surface area is 151 Å². The maximum atomic E-state index is 13.1. The van der Waals surface area contributed by atoms with Crippen molar-refractivity contribution >= 4 is 11.8 Å². The van der Waals surface area contributed by atoms with Gasteiger partial charge in [-0.1, -0.05) is 43.2 Å². The third kappa shape index (κ3) is 5.07. The van der Waals surface area contributed by atoms with Gasteiger partial charge in [0.05, 0.1) is 12.5 Å². The molecule has 1 saturated carbocycles. The highest BCUT2D eigenvalue weighted by Crippen LogP contribution is 2.31. The predicted molar refractivity (Wildman–Crippen MR) is 98.9 cm³/mol. The molecule has 1 aromatic rings. The Kier molecular flexibility index (Phi) is 6.48. The first-order valence-corrected chi connectivity index (χ1v) is 9.85. The number of amides is 2. The van der Waals surface area contributed by atoms with Crippen molar-refractivity contribution < 1.29 is 9.59 Å². The van der Waals surface area contributed by atoms with E-state index in [1.165, 1.54) is 25.7 Å². The van der Waals surface area contributed by atoms with E-state index in [0.29, 0.717) is 18.8 Å². The lowest BCUT2D eigenvalue weighted by Gasteiger charge is -2.33. The standard InChI is InChI=1S/C21H30N2O2/c24-20-16-19(18-11-3-1-4-12-18)23(14-8-2-7-13-22-20)21(25)15-17-9-5-6-10-17/h1,3-4,11-12,17,19H,2,5-10,13-16H2,(H,22,24). The molecule has 0 bridgehead atoms. The number of nitrogens with zero attached hydrogens (tertiary/aromatic N) is 1. The minimum absolute atomic E-state index is 0.0504. The summed E-state index contributed by atoms with van der Waals surface area (Å²) in [5.41, 5.74) is 1.07. The minimum Gasteiger partial charge on any atom is -0.356 e. The van der Waals surface area contributed by atoms with Gasteiger partial charge < -0.3 is 10.2 Å². The quantitative estimate of drug-likeness (QED) is 0.907. The Balaban J connectivity index is 1.81. The monoisotopic (exact) mass is 342 g/mol. The number of carbonyl (C=O) groups is 2. The van der Waals surface area contributed by atoms with Gasteiger partial charge in [-0.25, -0.2) is 0 Å². The predicted octanol–water partition coefficient (Wildman–Crippen LogP) is 3.83. The second-order valence-corrected chi connectivity index (χ2v) is 7.48. The van der Waals surface area contributed by atoms with Crippen LogP contribution in [0, 0.1) is 5.92 Å². The smallest absolute Gasteiger partial charge is 0.223 e. The Morgan fingerprint density at radius 3 is 2.56 bits per heavy atom. The van der Waals surface area contributed by atoms with E-state index in [9.17, 15) is 9.59 Å². The van der Waals surface area contributed by atoms with Crippen LogP contribution in [0.5, 0.6) is 0 Å². The molecule has 1 aliphatic carbocycles. The molecule has 2 fully saturated rings. The van der Waals surface area contributed by atoms with Crippen LogP contribution in [0.4, 0.5) is 0 Å². The van der Waals surface area contributed by atoms with Crippen LogP contribution in [0.3, 0.4) is 0 Å². The van der Waals surface area contributed by atoms with Crippen LogP contribution in [0.15, 0.2) is 30.3 Å². The van der Waals surface area contributed by atoms with Gasteiger partial charge in [0.25, 0.3) is 0 Å². The van der Waals surface area contributed by atoms with Crippen LogP contribution in [-0.2, 0) is 9.59 Å². The number of carbonyl (C=O) groups excluding carboxylic acids is 2. The summed E-state index contributed by atoms with van der Waals surface area (Å²) in [6.07, 6.45) is 8.92. The van der Waals surface area contributed by atoms with E-state index in [1.54, 1.807) is 0 Å². The second-order valence-electron chi connectivity index (χ2n) is 7.48. The van der Waals surface area contributed by atoms with Crippen LogP contribution >= 0.6 is 0 Å². The fourth-order valence-electron chi connectivity index (χ4n) is 4.18. The molecule has 4 nitrogen and oxygen atoms in total. The number of rotatable bonds is 3. The fraction of sp³-hybridized carbons (Fsp3) is 0.619. The highest BCUT2D eigenvalue weighted by molar-refractivity contribution is 5.80. The van der Waals surface area contributed by atoms with E-state index in [-0.39, 0.29) is 17.9 Å². The van der Waals surface area contributed by atoms with Gasteiger partial charge in [0, 0.05) is 19.5 Å². The molecule has 1 saturated heterocycles. The first-order valence-electron chi connectivity index (χ1n) is 9.85. The SMILES string of the molecule is O=C1CC(c2ccccc2)N(C(=O)CC2CCCC2)CCCCCN1. The third-order valence-corrected chi connectivity index (χ3v) is 5.60. The molecule has 1 heterocycles. The van der Waals surface area contributed by atoms with Gasteiger partial charge in [0.2, 0.25) is 11.8 Å². The van der Waals surface area contributed by atoms with Crippen molar-refractivity contribution in [3.63, 3.8) is 0 Å². The van der Waals surface area contributed by atoms with Gasteiger partial charge in [-0.15, -0.1) is 0 Å². The van der Waals surface area contributed by atoms with Crippen molar-refractivity contribution in [1.29, 1.82) is 0 Å². The highest BCUT2D eigenvalue weighted by Gasteiger charge is 2.29. The summed E-state index contributed by atoms with van der Waals surface area (Å²) in [5, 5.41) is 3.01. The van der Waals surface area contributed by atoms with E-state index in [0.717, 1.165) is 37.9 Å². The van der Waals surface area contributed by atoms with Crippen molar-refractivity contribution in [3.8, 4) is 0 Å². The minimum atomic E-state index is -0.145. The van der Waals surface area contributed by atoms with Crippen molar-refractivity contribution in [2.75, 3.05) is 13.1 Å². The molecule has 0 aromatic heterocycles. The molecule has 0 spiro atoms. The molecule has 0 radical (unpaired) electrons. The normalized spacial score (nSPS) is 23.3. The van der Waals surface area contributed by atoms with Gasteiger partial charge in [0.1, 0.15) is 0 Å². The van der Waals surface area contributed by atoms with Crippen LogP contribution in [0.25, 0.3) is 0 Å². The summed E-state index contributed by atoms with van der Waals surface area (Å²) >= 11 is 0. The van der Waals surface area contributed by atoms with E-state index < -0.39 is 0 Å². The van der Waals surface area contributed by atoms with Gasteiger partial charge >= 0.3 is 0 Å². The fourth-order valence-corrected chi connectivity index (χ4v) is 4.18.